The van der Waals surface area contributed by atoms with Gasteiger partial charge in [-0.1, -0.05) is 41.7 Å². The quantitative estimate of drug-likeness (QED) is 0.106. The van der Waals surface area contributed by atoms with E-state index in [2.05, 4.69) is 4.99 Å². The standard InChI is InChI=1S/C31H27N3O10S2/c1-5-43-30(36)27-18(2)32-31-33(28(27)20-11-13-21(41-3)14-12-20)29(35)25(45-31)17-19-10-15-23(24(16-19)42-4)44-46(39,40)26-9-7-6-8-22(26)34(37)38/h6-17,28H,5H2,1-4H3/b25-17+. The Morgan fingerprint density at radius 1 is 1.07 bits per heavy atom. The predicted octanol–water partition coefficient (Wildman–Crippen LogP) is 3.49. The number of hydrogen-bond acceptors (Lipinski definition) is 12. The summed E-state index contributed by atoms with van der Waals surface area (Å²) in [5, 5.41) is 11.4. The van der Waals surface area contributed by atoms with Crippen LogP contribution in [0.4, 0.5) is 5.69 Å². The molecule has 4 aromatic rings. The van der Waals surface area contributed by atoms with Crippen LogP contribution in [0.3, 0.4) is 0 Å². The Bertz CT molecular complexity index is 2170. The lowest BCUT2D eigenvalue weighted by molar-refractivity contribution is -0.387. The maximum Gasteiger partial charge on any atom is 0.346 e. The van der Waals surface area contributed by atoms with Crippen molar-refractivity contribution in [2.75, 3.05) is 20.8 Å². The maximum absolute atomic E-state index is 13.9. The summed E-state index contributed by atoms with van der Waals surface area (Å²) in [6, 6.07) is 15.3. The van der Waals surface area contributed by atoms with Gasteiger partial charge in [0, 0.05) is 6.07 Å². The van der Waals surface area contributed by atoms with E-state index < -0.39 is 43.2 Å². The normalized spacial score (nSPS) is 14.7. The second-order valence-electron chi connectivity index (χ2n) is 9.75. The minimum Gasteiger partial charge on any atom is -0.497 e. The molecule has 1 atom stereocenters. The largest absolute Gasteiger partial charge is 0.497 e. The average Bonchev–Trinajstić information content (AvgIpc) is 3.34. The number of methoxy groups -OCH3 is 2. The molecular formula is C31H27N3O10S2. The van der Waals surface area contributed by atoms with Crippen LogP contribution in [0.5, 0.6) is 17.2 Å². The highest BCUT2D eigenvalue weighted by molar-refractivity contribution is 7.87. The number of aromatic nitrogens is 1. The molecule has 15 heteroatoms. The van der Waals surface area contributed by atoms with Crippen LogP contribution in [-0.2, 0) is 19.6 Å². The molecule has 0 saturated heterocycles. The van der Waals surface area contributed by atoms with Crippen LogP contribution in [0.1, 0.15) is 31.0 Å². The van der Waals surface area contributed by atoms with Crippen molar-refractivity contribution < 1.29 is 36.5 Å². The fraction of sp³-hybridized carbons (Fsp3) is 0.194. The van der Waals surface area contributed by atoms with Crippen molar-refractivity contribution in [3.8, 4) is 17.2 Å². The third-order valence-electron chi connectivity index (χ3n) is 6.96. The molecule has 1 aromatic heterocycles. The highest BCUT2D eigenvalue weighted by Crippen LogP contribution is 2.34. The van der Waals surface area contributed by atoms with Gasteiger partial charge in [0.05, 0.1) is 47.6 Å². The molecule has 0 N–H and O–H groups in total. The predicted molar refractivity (Wildman–Crippen MR) is 167 cm³/mol. The van der Waals surface area contributed by atoms with Gasteiger partial charge in [-0.3, -0.25) is 19.5 Å². The first kappa shape index (κ1) is 32.1. The van der Waals surface area contributed by atoms with E-state index in [1.165, 1.54) is 49.1 Å². The number of allylic oxidation sites excluding steroid dienone is 1. The van der Waals surface area contributed by atoms with E-state index in [9.17, 15) is 28.1 Å². The van der Waals surface area contributed by atoms with Crippen LogP contribution in [-0.4, -0.2) is 44.7 Å². The summed E-state index contributed by atoms with van der Waals surface area (Å²) in [6.07, 6.45) is 1.57. The summed E-state index contributed by atoms with van der Waals surface area (Å²) < 4.78 is 48.8. The lowest BCUT2D eigenvalue weighted by Gasteiger charge is -2.24. The molecule has 1 aliphatic heterocycles. The van der Waals surface area contributed by atoms with Gasteiger partial charge in [-0.2, -0.15) is 8.42 Å². The highest BCUT2D eigenvalue weighted by atomic mass is 32.2. The van der Waals surface area contributed by atoms with E-state index in [-0.39, 0.29) is 28.2 Å². The second-order valence-corrected chi connectivity index (χ2v) is 12.3. The summed E-state index contributed by atoms with van der Waals surface area (Å²) >= 11 is 1.11. The molecule has 0 fully saturated rings. The van der Waals surface area contributed by atoms with Crippen LogP contribution in [0.2, 0.25) is 0 Å². The van der Waals surface area contributed by atoms with Crippen LogP contribution >= 0.6 is 11.3 Å². The second kappa shape index (κ2) is 13.0. The fourth-order valence-electron chi connectivity index (χ4n) is 4.87. The number of benzene rings is 3. The number of hydrogen-bond donors (Lipinski definition) is 0. The molecule has 1 unspecified atom stereocenters. The molecule has 0 amide bonds. The SMILES string of the molecule is CCOC(=O)C1=C(C)N=c2s/c(=C/c3ccc(OS(=O)(=O)c4ccccc4[N+](=O)[O-])c(OC)c3)c(=O)n2C1c1ccc(OC)cc1. The van der Waals surface area contributed by atoms with Crippen LogP contribution in [0.15, 0.2) is 92.7 Å². The van der Waals surface area contributed by atoms with Gasteiger partial charge in [0.2, 0.25) is 0 Å². The number of carbonyl (C=O) groups excluding carboxylic acids is 1. The number of thiazole rings is 1. The number of ether oxygens (including phenoxy) is 3. The molecule has 0 spiro atoms. The molecule has 0 bridgehead atoms. The lowest BCUT2D eigenvalue weighted by atomic mass is 9.96. The van der Waals surface area contributed by atoms with Gasteiger partial charge in [0.15, 0.2) is 21.2 Å². The van der Waals surface area contributed by atoms with E-state index in [0.29, 0.717) is 27.4 Å². The molecule has 0 aliphatic carbocycles. The van der Waals surface area contributed by atoms with Crippen molar-refractivity contribution in [2.24, 2.45) is 4.99 Å². The molecule has 0 saturated carbocycles. The summed E-state index contributed by atoms with van der Waals surface area (Å²) in [5.41, 5.74) is 0.692. The fourth-order valence-corrected chi connectivity index (χ4v) is 7.02. The Morgan fingerprint density at radius 2 is 1.78 bits per heavy atom. The molecule has 1 aliphatic rings. The molecule has 0 radical (unpaired) electrons. The Labute approximate surface area is 266 Å². The van der Waals surface area contributed by atoms with Gasteiger partial charge in [-0.05, 0) is 61.4 Å². The van der Waals surface area contributed by atoms with Crippen molar-refractivity contribution in [1.82, 2.24) is 4.57 Å². The minimum atomic E-state index is -4.61. The summed E-state index contributed by atoms with van der Waals surface area (Å²) in [7, 11) is -1.77. The number of nitro groups is 1. The monoisotopic (exact) mass is 665 g/mol. The average molecular weight is 666 g/mol. The first-order chi connectivity index (χ1) is 22.0. The number of nitrogens with zero attached hydrogens (tertiary/aromatic N) is 3. The third-order valence-corrected chi connectivity index (χ3v) is 9.23. The van der Waals surface area contributed by atoms with Gasteiger partial charge >= 0.3 is 16.1 Å². The van der Waals surface area contributed by atoms with Gasteiger partial charge in [-0.25, -0.2) is 9.79 Å². The van der Waals surface area contributed by atoms with E-state index >= 15 is 0 Å². The molecule has 3 aromatic carbocycles. The van der Waals surface area contributed by atoms with Crippen LogP contribution in [0, 0.1) is 10.1 Å². The zero-order chi connectivity index (χ0) is 33.2. The zero-order valence-corrected chi connectivity index (χ0v) is 26.6. The summed E-state index contributed by atoms with van der Waals surface area (Å²) in [6.45, 7) is 3.51. The molecule has 13 nitrogen and oxygen atoms in total. The number of rotatable bonds is 10. The van der Waals surface area contributed by atoms with Crippen LogP contribution < -0.4 is 28.5 Å². The first-order valence-corrected chi connectivity index (χ1v) is 15.9. The smallest absolute Gasteiger partial charge is 0.346 e. The Hall–Kier alpha value is -5.28. The zero-order valence-electron chi connectivity index (χ0n) is 25.0. The van der Waals surface area contributed by atoms with Crippen molar-refractivity contribution >= 4 is 39.2 Å². The van der Waals surface area contributed by atoms with Gasteiger partial charge in [-0.15, -0.1) is 0 Å². The van der Waals surface area contributed by atoms with Gasteiger partial charge < -0.3 is 18.4 Å². The van der Waals surface area contributed by atoms with Crippen LogP contribution in [0.25, 0.3) is 6.08 Å². The molecule has 2 heterocycles. The topological polar surface area (TPSA) is 166 Å². The van der Waals surface area contributed by atoms with E-state index in [1.807, 2.05) is 0 Å². The number of fused-ring (bicyclic) bond motifs is 1. The summed E-state index contributed by atoms with van der Waals surface area (Å²) in [5.74, 6) is -0.200. The molecular weight excluding hydrogens is 638 g/mol. The van der Waals surface area contributed by atoms with Gasteiger partial charge in [0.25, 0.3) is 11.2 Å². The third kappa shape index (κ3) is 6.14. The summed E-state index contributed by atoms with van der Waals surface area (Å²) in [4.78, 5) is 41.9. The maximum atomic E-state index is 13.9. The number of para-hydroxylation sites is 1. The van der Waals surface area contributed by atoms with Crippen molar-refractivity contribution in [1.29, 1.82) is 0 Å². The Morgan fingerprint density at radius 3 is 2.43 bits per heavy atom. The molecule has 238 valence electrons. The van der Waals surface area contributed by atoms with Crippen molar-refractivity contribution in [2.45, 2.75) is 24.8 Å². The number of esters is 1. The number of carbonyl (C=O) groups is 1. The van der Waals surface area contributed by atoms with E-state index in [4.69, 9.17) is 18.4 Å². The highest BCUT2D eigenvalue weighted by Gasteiger charge is 2.33. The first-order valence-electron chi connectivity index (χ1n) is 13.7. The number of nitro benzene ring substituents is 1. The van der Waals surface area contributed by atoms with E-state index in [1.54, 1.807) is 44.2 Å². The van der Waals surface area contributed by atoms with E-state index in [0.717, 1.165) is 23.5 Å². The Kier molecular flexibility index (Phi) is 9.07. The minimum absolute atomic E-state index is 0.000219. The lowest BCUT2D eigenvalue weighted by Crippen LogP contribution is -2.39. The van der Waals surface area contributed by atoms with Crippen molar-refractivity contribution in [3.05, 3.63) is 119 Å². The van der Waals surface area contributed by atoms with Gasteiger partial charge in [0.1, 0.15) is 5.75 Å². The molecule has 5 rings (SSSR count). The molecule has 46 heavy (non-hydrogen) atoms. The van der Waals surface area contributed by atoms with Crippen molar-refractivity contribution in [3.63, 3.8) is 0 Å². The Balaban J connectivity index is 1.57.